The molecule has 0 saturated carbocycles. The predicted octanol–water partition coefficient (Wildman–Crippen LogP) is 1.80. The van der Waals surface area contributed by atoms with Gasteiger partial charge in [0, 0.05) is 6.04 Å². The van der Waals surface area contributed by atoms with Gasteiger partial charge in [-0.2, -0.15) is 0 Å². The molecule has 0 aromatic rings. The minimum Gasteiger partial charge on any atom is -0.479 e. The largest absolute Gasteiger partial charge is 0.479 e. The van der Waals surface area contributed by atoms with Crippen molar-refractivity contribution in [2.75, 3.05) is 0 Å². The van der Waals surface area contributed by atoms with E-state index in [2.05, 4.69) is 19.2 Å². The highest BCUT2D eigenvalue weighted by atomic mass is 16.5. The molecule has 2 nitrogen and oxygen atoms in total. The lowest BCUT2D eigenvalue weighted by atomic mass is 10.2. The number of rotatable bonds is 3. The summed E-state index contributed by atoms with van der Waals surface area (Å²) in [5, 5.41) is 3.31. The first-order valence-electron chi connectivity index (χ1n) is 4.07. The van der Waals surface area contributed by atoms with Crippen LogP contribution in [0, 0.1) is 0 Å². The molecule has 1 N–H and O–H groups in total. The zero-order valence-corrected chi connectivity index (χ0v) is 7.08. The molecule has 11 heavy (non-hydrogen) atoms. The molecule has 0 aromatic carbocycles. The van der Waals surface area contributed by atoms with Crippen molar-refractivity contribution >= 4 is 0 Å². The second kappa shape index (κ2) is 4.19. The molecule has 1 aliphatic rings. The first kappa shape index (κ1) is 8.34. The number of hydrogen-bond acceptors (Lipinski definition) is 2. The van der Waals surface area contributed by atoms with E-state index in [1.165, 1.54) is 0 Å². The monoisotopic (exact) mass is 153 g/mol. The van der Waals surface area contributed by atoms with Gasteiger partial charge in [0.25, 0.3) is 0 Å². The predicted molar refractivity (Wildman–Crippen MR) is 46.0 cm³/mol. The fourth-order valence-corrected chi connectivity index (χ4v) is 0.879. The van der Waals surface area contributed by atoms with Gasteiger partial charge < -0.3 is 4.74 Å². The summed E-state index contributed by atoms with van der Waals surface area (Å²) >= 11 is 0. The van der Waals surface area contributed by atoms with Crippen LogP contribution in [0.25, 0.3) is 0 Å². The van der Waals surface area contributed by atoms with E-state index in [1.807, 2.05) is 18.2 Å². The van der Waals surface area contributed by atoms with Gasteiger partial charge in [0.2, 0.25) is 0 Å². The lowest BCUT2D eigenvalue weighted by molar-refractivity contribution is 0.138. The van der Waals surface area contributed by atoms with Crippen molar-refractivity contribution in [1.82, 2.24) is 5.32 Å². The van der Waals surface area contributed by atoms with Crippen LogP contribution >= 0.6 is 0 Å². The maximum absolute atomic E-state index is 5.27. The zero-order valence-electron chi connectivity index (χ0n) is 7.08. The highest BCUT2D eigenvalue weighted by Gasteiger charge is 2.07. The maximum atomic E-state index is 5.27. The van der Waals surface area contributed by atoms with Gasteiger partial charge in [-0.05, 0) is 25.5 Å². The number of ether oxygens (including phenoxy) is 1. The van der Waals surface area contributed by atoms with Gasteiger partial charge in [-0.3, -0.25) is 5.32 Å². The smallest absolute Gasteiger partial charge is 0.169 e. The van der Waals surface area contributed by atoms with E-state index in [0.29, 0.717) is 6.04 Å². The van der Waals surface area contributed by atoms with Gasteiger partial charge in [0.05, 0.1) is 6.26 Å². The molecule has 2 unspecified atom stereocenters. The minimum absolute atomic E-state index is 0.0648. The van der Waals surface area contributed by atoms with Crippen molar-refractivity contribution in [3.63, 3.8) is 0 Å². The van der Waals surface area contributed by atoms with Crippen molar-refractivity contribution in [3.05, 3.63) is 24.5 Å². The van der Waals surface area contributed by atoms with Crippen molar-refractivity contribution in [2.24, 2.45) is 0 Å². The van der Waals surface area contributed by atoms with Crippen molar-refractivity contribution in [1.29, 1.82) is 0 Å². The summed E-state index contributed by atoms with van der Waals surface area (Å²) < 4.78 is 5.27. The molecule has 2 heteroatoms. The molecule has 1 heterocycles. The lowest BCUT2D eigenvalue weighted by Gasteiger charge is -2.20. The van der Waals surface area contributed by atoms with Crippen molar-refractivity contribution < 1.29 is 4.74 Å². The van der Waals surface area contributed by atoms with E-state index >= 15 is 0 Å². The van der Waals surface area contributed by atoms with Crippen LogP contribution in [-0.4, -0.2) is 12.3 Å². The molecule has 0 bridgehead atoms. The minimum atomic E-state index is 0.0648. The second-order valence-electron chi connectivity index (χ2n) is 2.75. The van der Waals surface area contributed by atoms with Gasteiger partial charge in [0.15, 0.2) is 6.23 Å². The van der Waals surface area contributed by atoms with Crippen LogP contribution in [0.15, 0.2) is 24.5 Å². The summed E-state index contributed by atoms with van der Waals surface area (Å²) in [6, 6.07) is 0.510. The fraction of sp³-hybridized carbons (Fsp3) is 0.556. The summed E-state index contributed by atoms with van der Waals surface area (Å²) in [5.41, 5.74) is 0. The van der Waals surface area contributed by atoms with E-state index in [-0.39, 0.29) is 6.23 Å². The van der Waals surface area contributed by atoms with Crippen LogP contribution in [0.4, 0.5) is 0 Å². The molecule has 62 valence electrons. The van der Waals surface area contributed by atoms with E-state index in [1.54, 1.807) is 6.26 Å². The molecule has 0 amide bonds. The number of hydrogen-bond donors (Lipinski definition) is 1. The van der Waals surface area contributed by atoms with Crippen LogP contribution in [0.1, 0.15) is 20.3 Å². The zero-order chi connectivity index (χ0) is 8.10. The Morgan fingerprint density at radius 3 is 2.91 bits per heavy atom. The third-order valence-electron chi connectivity index (χ3n) is 1.76. The first-order valence-corrected chi connectivity index (χ1v) is 4.07. The fourth-order valence-electron chi connectivity index (χ4n) is 0.879. The SMILES string of the molecule is CCC(C)NC1C=CC=CO1. The van der Waals surface area contributed by atoms with Gasteiger partial charge in [0.1, 0.15) is 0 Å². The van der Waals surface area contributed by atoms with Gasteiger partial charge >= 0.3 is 0 Å². The molecule has 0 spiro atoms. The van der Waals surface area contributed by atoms with E-state index in [4.69, 9.17) is 4.74 Å². The second-order valence-corrected chi connectivity index (χ2v) is 2.75. The standard InChI is InChI=1S/C9H15NO/c1-3-8(2)10-9-6-4-5-7-11-9/h4-10H,3H2,1-2H3. The molecule has 2 atom stereocenters. The first-order chi connectivity index (χ1) is 5.33. The Morgan fingerprint density at radius 2 is 2.36 bits per heavy atom. The van der Waals surface area contributed by atoms with Crippen molar-refractivity contribution in [2.45, 2.75) is 32.5 Å². The Labute approximate surface area is 67.9 Å². The topological polar surface area (TPSA) is 21.3 Å². The van der Waals surface area contributed by atoms with Gasteiger partial charge in [-0.15, -0.1) is 0 Å². The normalized spacial score (nSPS) is 24.7. The van der Waals surface area contributed by atoms with E-state index in [0.717, 1.165) is 6.42 Å². The third-order valence-corrected chi connectivity index (χ3v) is 1.76. The third kappa shape index (κ3) is 2.76. The Hall–Kier alpha value is -0.760. The molecule has 0 radical (unpaired) electrons. The molecule has 0 saturated heterocycles. The quantitative estimate of drug-likeness (QED) is 0.667. The van der Waals surface area contributed by atoms with Gasteiger partial charge in [-0.25, -0.2) is 0 Å². The van der Waals surface area contributed by atoms with Gasteiger partial charge in [-0.1, -0.05) is 13.0 Å². The molecule has 1 rings (SSSR count). The Balaban J connectivity index is 2.27. The Morgan fingerprint density at radius 1 is 1.55 bits per heavy atom. The average molecular weight is 153 g/mol. The molecule has 0 fully saturated rings. The molecule has 1 aliphatic heterocycles. The molecule has 0 aromatic heterocycles. The van der Waals surface area contributed by atoms with Crippen LogP contribution in [0.5, 0.6) is 0 Å². The summed E-state index contributed by atoms with van der Waals surface area (Å²) in [6.45, 7) is 4.30. The Bertz CT molecular complexity index is 163. The Kier molecular flexibility index (Phi) is 3.17. The average Bonchev–Trinajstić information content (AvgIpc) is 2.06. The van der Waals surface area contributed by atoms with E-state index < -0.39 is 0 Å². The number of nitrogens with one attached hydrogen (secondary N) is 1. The highest BCUT2D eigenvalue weighted by Crippen LogP contribution is 2.01. The number of allylic oxidation sites excluding steroid dienone is 2. The van der Waals surface area contributed by atoms with Crippen LogP contribution < -0.4 is 5.32 Å². The maximum Gasteiger partial charge on any atom is 0.169 e. The molecule has 0 aliphatic carbocycles. The summed E-state index contributed by atoms with van der Waals surface area (Å²) in [5.74, 6) is 0. The summed E-state index contributed by atoms with van der Waals surface area (Å²) in [7, 11) is 0. The molecular weight excluding hydrogens is 138 g/mol. The summed E-state index contributed by atoms with van der Waals surface area (Å²) in [6.07, 6.45) is 8.78. The van der Waals surface area contributed by atoms with Crippen LogP contribution in [0.2, 0.25) is 0 Å². The van der Waals surface area contributed by atoms with E-state index in [9.17, 15) is 0 Å². The highest BCUT2D eigenvalue weighted by molar-refractivity contribution is 5.06. The lowest BCUT2D eigenvalue weighted by Crippen LogP contribution is -2.36. The van der Waals surface area contributed by atoms with Crippen molar-refractivity contribution in [3.8, 4) is 0 Å². The van der Waals surface area contributed by atoms with Crippen LogP contribution in [-0.2, 0) is 4.74 Å². The van der Waals surface area contributed by atoms with Crippen LogP contribution in [0.3, 0.4) is 0 Å². The summed E-state index contributed by atoms with van der Waals surface area (Å²) in [4.78, 5) is 0. The molecular formula is C9H15NO.